The Kier molecular flexibility index (Phi) is 6.26. The van der Waals surface area contributed by atoms with Gasteiger partial charge in [-0.25, -0.2) is 0 Å². The summed E-state index contributed by atoms with van der Waals surface area (Å²) in [6, 6.07) is 5.31. The van der Waals surface area contributed by atoms with Crippen LogP contribution in [-0.4, -0.2) is 32.1 Å². The Hall–Kier alpha value is -2.24. The number of hydrogen-bond donors (Lipinski definition) is 2. The van der Waals surface area contributed by atoms with Gasteiger partial charge in [-0.2, -0.15) is 0 Å². The van der Waals surface area contributed by atoms with Crippen molar-refractivity contribution in [1.29, 1.82) is 0 Å². The van der Waals surface area contributed by atoms with E-state index >= 15 is 0 Å². The highest BCUT2D eigenvalue weighted by Gasteiger charge is 2.18. The van der Waals surface area contributed by atoms with E-state index in [0.29, 0.717) is 17.2 Å². The van der Waals surface area contributed by atoms with Gasteiger partial charge >= 0.3 is 0 Å². The van der Waals surface area contributed by atoms with Gasteiger partial charge in [0.15, 0.2) is 0 Å². The molecular weight excluding hydrogens is 296 g/mol. The maximum atomic E-state index is 12.1. The molecule has 6 heteroatoms. The fourth-order valence-corrected chi connectivity index (χ4v) is 2.78. The van der Waals surface area contributed by atoms with E-state index in [9.17, 15) is 9.59 Å². The van der Waals surface area contributed by atoms with E-state index < -0.39 is 0 Å². The van der Waals surface area contributed by atoms with Gasteiger partial charge in [-0.15, -0.1) is 0 Å². The van der Waals surface area contributed by atoms with E-state index in [0.717, 1.165) is 25.7 Å². The first kappa shape index (κ1) is 17.1. The Bertz CT molecular complexity index is 554. The minimum Gasteiger partial charge on any atom is -0.497 e. The highest BCUT2D eigenvalue weighted by Crippen LogP contribution is 2.28. The first-order valence-electron chi connectivity index (χ1n) is 7.93. The van der Waals surface area contributed by atoms with Gasteiger partial charge in [0.05, 0.1) is 19.9 Å². The molecule has 0 heterocycles. The standard InChI is InChI=1S/C17H24N2O4/c1-22-13-8-9-15(23-2)14(10-13)19-17(21)11-16(20)18-12-6-4-3-5-7-12/h8-10,12H,3-7,11H2,1-2H3,(H,18,20)(H,19,21). The minimum atomic E-state index is -0.370. The lowest BCUT2D eigenvalue weighted by molar-refractivity contribution is -0.127. The van der Waals surface area contributed by atoms with E-state index in [4.69, 9.17) is 9.47 Å². The van der Waals surface area contributed by atoms with Gasteiger partial charge in [0.1, 0.15) is 17.9 Å². The number of nitrogens with one attached hydrogen (secondary N) is 2. The van der Waals surface area contributed by atoms with Gasteiger partial charge in [0, 0.05) is 12.1 Å². The molecule has 1 fully saturated rings. The molecule has 1 aromatic carbocycles. The van der Waals surface area contributed by atoms with Crippen molar-refractivity contribution >= 4 is 17.5 Å². The molecular formula is C17H24N2O4. The molecule has 0 radical (unpaired) electrons. The SMILES string of the molecule is COc1ccc(OC)c(NC(=O)CC(=O)NC2CCCCC2)c1. The van der Waals surface area contributed by atoms with Crippen molar-refractivity contribution < 1.29 is 19.1 Å². The zero-order chi connectivity index (χ0) is 16.7. The molecule has 0 atom stereocenters. The van der Waals surface area contributed by atoms with Crippen molar-refractivity contribution in [2.45, 2.75) is 44.6 Å². The number of amides is 2. The number of benzene rings is 1. The number of carbonyl (C=O) groups excluding carboxylic acids is 2. The largest absolute Gasteiger partial charge is 0.497 e. The third-order valence-corrected chi connectivity index (χ3v) is 3.97. The predicted molar refractivity (Wildman–Crippen MR) is 87.8 cm³/mol. The van der Waals surface area contributed by atoms with E-state index in [1.807, 2.05) is 0 Å². The number of carbonyl (C=O) groups is 2. The predicted octanol–water partition coefficient (Wildman–Crippen LogP) is 2.48. The Morgan fingerprint density at radius 3 is 2.48 bits per heavy atom. The maximum Gasteiger partial charge on any atom is 0.233 e. The van der Waals surface area contributed by atoms with Crippen LogP contribution in [0.1, 0.15) is 38.5 Å². The number of methoxy groups -OCH3 is 2. The fourth-order valence-electron chi connectivity index (χ4n) is 2.78. The summed E-state index contributed by atoms with van der Waals surface area (Å²) in [4.78, 5) is 24.0. The molecule has 0 spiro atoms. The van der Waals surface area contributed by atoms with Crippen LogP contribution in [0.5, 0.6) is 11.5 Å². The van der Waals surface area contributed by atoms with Gasteiger partial charge < -0.3 is 20.1 Å². The second-order valence-corrected chi connectivity index (χ2v) is 5.69. The summed E-state index contributed by atoms with van der Waals surface area (Å²) in [5, 5.41) is 5.63. The van der Waals surface area contributed by atoms with Gasteiger partial charge in [0.25, 0.3) is 0 Å². The van der Waals surface area contributed by atoms with Gasteiger partial charge in [-0.1, -0.05) is 19.3 Å². The quantitative estimate of drug-likeness (QED) is 0.790. The average molecular weight is 320 g/mol. The van der Waals surface area contributed by atoms with E-state index in [1.165, 1.54) is 13.5 Å². The van der Waals surface area contributed by atoms with Crippen LogP contribution in [0.4, 0.5) is 5.69 Å². The van der Waals surface area contributed by atoms with Gasteiger partial charge in [-0.3, -0.25) is 9.59 Å². The average Bonchev–Trinajstić information content (AvgIpc) is 2.55. The maximum absolute atomic E-state index is 12.1. The number of ether oxygens (including phenoxy) is 2. The Labute approximate surface area is 136 Å². The monoisotopic (exact) mass is 320 g/mol. The molecule has 6 nitrogen and oxygen atoms in total. The summed E-state index contributed by atoms with van der Waals surface area (Å²) in [6.07, 6.45) is 5.30. The fraction of sp³-hybridized carbons (Fsp3) is 0.529. The zero-order valence-electron chi connectivity index (χ0n) is 13.7. The van der Waals surface area contributed by atoms with Crippen LogP contribution in [0.15, 0.2) is 18.2 Å². The first-order chi connectivity index (χ1) is 11.1. The van der Waals surface area contributed by atoms with E-state index in [1.54, 1.807) is 25.3 Å². The van der Waals surface area contributed by atoms with Crippen molar-refractivity contribution in [3.8, 4) is 11.5 Å². The molecule has 0 bridgehead atoms. The molecule has 23 heavy (non-hydrogen) atoms. The summed E-state index contributed by atoms with van der Waals surface area (Å²) in [7, 11) is 3.07. The lowest BCUT2D eigenvalue weighted by atomic mass is 9.95. The summed E-state index contributed by atoms with van der Waals surface area (Å²) < 4.78 is 10.3. The number of anilines is 1. The third kappa shape index (κ3) is 5.16. The Balaban J connectivity index is 1.89. The molecule has 0 saturated heterocycles. The molecule has 1 saturated carbocycles. The zero-order valence-corrected chi connectivity index (χ0v) is 13.7. The summed E-state index contributed by atoms with van der Waals surface area (Å²) in [6.45, 7) is 0. The number of hydrogen-bond acceptors (Lipinski definition) is 4. The van der Waals surface area contributed by atoms with Crippen molar-refractivity contribution in [3.63, 3.8) is 0 Å². The van der Waals surface area contributed by atoms with E-state index in [2.05, 4.69) is 10.6 Å². The third-order valence-electron chi connectivity index (χ3n) is 3.97. The molecule has 0 aromatic heterocycles. The van der Waals surface area contributed by atoms with Crippen LogP contribution in [0.2, 0.25) is 0 Å². The Morgan fingerprint density at radius 1 is 1.09 bits per heavy atom. The van der Waals surface area contributed by atoms with Crippen LogP contribution in [0.25, 0.3) is 0 Å². The van der Waals surface area contributed by atoms with Crippen LogP contribution < -0.4 is 20.1 Å². The molecule has 2 rings (SSSR count). The summed E-state index contributed by atoms with van der Waals surface area (Å²) in [5.74, 6) is 0.515. The van der Waals surface area contributed by atoms with Crippen molar-refractivity contribution in [1.82, 2.24) is 5.32 Å². The summed E-state index contributed by atoms with van der Waals surface area (Å²) >= 11 is 0. The normalized spacial score (nSPS) is 14.9. The van der Waals surface area contributed by atoms with Crippen molar-refractivity contribution in [3.05, 3.63) is 18.2 Å². The molecule has 0 unspecified atom stereocenters. The van der Waals surface area contributed by atoms with E-state index in [-0.39, 0.29) is 24.3 Å². The van der Waals surface area contributed by atoms with Gasteiger partial charge in [-0.05, 0) is 25.0 Å². The topological polar surface area (TPSA) is 76.7 Å². The molecule has 1 aliphatic carbocycles. The van der Waals surface area contributed by atoms with Crippen molar-refractivity contribution in [2.75, 3.05) is 19.5 Å². The van der Waals surface area contributed by atoms with Crippen LogP contribution in [0, 0.1) is 0 Å². The Morgan fingerprint density at radius 2 is 1.83 bits per heavy atom. The second kappa shape index (κ2) is 8.41. The van der Waals surface area contributed by atoms with Crippen LogP contribution in [0.3, 0.4) is 0 Å². The molecule has 1 aromatic rings. The second-order valence-electron chi connectivity index (χ2n) is 5.69. The van der Waals surface area contributed by atoms with Crippen LogP contribution in [-0.2, 0) is 9.59 Å². The lowest BCUT2D eigenvalue weighted by Gasteiger charge is -2.22. The molecule has 1 aliphatic rings. The summed E-state index contributed by atoms with van der Waals surface area (Å²) in [5.41, 5.74) is 0.488. The smallest absolute Gasteiger partial charge is 0.233 e. The molecule has 2 N–H and O–H groups in total. The minimum absolute atomic E-state index is 0.198. The highest BCUT2D eigenvalue weighted by atomic mass is 16.5. The van der Waals surface area contributed by atoms with Gasteiger partial charge in [0.2, 0.25) is 11.8 Å². The molecule has 0 aliphatic heterocycles. The lowest BCUT2D eigenvalue weighted by Crippen LogP contribution is -2.37. The molecule has 2 amide bonds. The highest BCUT2D eigenvalue weighted by molar-refractivity contribution is 6.04. The first-order valence-corrected chi connectivity index (χ1v) is 7.93. The number of rotatable bonds is 6. The molecule has 126 valence electrons. The van der Waals surface area contributed by atoms with Crippen molar-refractivity contribution in [2.24, 2.45) is 0 Å². The van der Waals surface area contributed by atoms with Crippen LogP contribution >= 0.6 is 0 Å².